The highest BCUT2D eigenvalue weighted by Gasteiger charge is 2.21. The molecule has 0 amide bonds. The van der Waals surface area contributed by atoms with Crippen LogP contribution in [-0.4, -0.2) is 41.9 Å². The first-order chi connectivity index (χ1) is 16.5. The molecule has 1 saturated heterocycles. The van der Waals surface area contributed by atoms with Crippen molar-refractivity contribution >= 4 is 11.7 Å². The molecule has 0 radical (unpaired) electrons. The summed E-state index contributed by atoms with van der Waals surface area (Å²) in [6, 6.07) is 14.0. The lowest BCUT2D eigenvalue weighted by atomic mass is 9.98. The highest BCUT2D eigenvalue weighted by Crippen LogP contribution is 2.26. The first-order valence-electron chi connectivity index (χ1n) is 11.9. The minimum Gasteiger partial charge on any atom is -0.489 e. The summed E-state index contributed by atoms with van der Waals surface area (Å²) < 4.78 is 6.19. The van der Waals surface area contributed by atoms with E-state index in [-0.39, 0.29) is 18.9 Å². The Morgan fingerprint density at radius 1 is 1.18 bits per heavy atom. The third-order valence-electron chi connectivity index (χ3n) is 6.14. The van der Waals surface area contributed by atoms with Crippen molar-refractivity contribution in [3.05, 3.63) is 65.1 Å². The number of aliphatic imine (C=N–C) groups is 1. The lowest BCUT2D eigenvalue weighted by molar-refractivity contribution is 0.0370. The molecule has 1 unspecified atom stereocenters. The Morgan fingerprint density at radius 3 is 2.65 bits per heavy atom. The summed E-state index contributed by atoms with van der Waals surface area (Å²) in [6.07, 6.45) is 6.72. The molecule has 1 atom stereocenters. The van der Waals surface area contributed by atoms with E-state index in [0.717, 1.165) is 24.3 Å². The van der Waals surface area contributed by atoms with Crippen molar-refractivity contribution in [2.45, 2.75) is 57.8 Å². The molecular formula is C25H35N7O2. The predicted molar refractivity (Wildman–Crippen MR) is 133 cm³/mol. The number of benzene rings is 1. The van der Waals surface area contributed by atoms with Crippen LogP contribution in [0.2, 0.25) is 0 Å². The molecule has 182 valence electrons. The smallest absolute Gasteiger partial charge is 0.218 e. The topological polar surface area (TPSA) is 123 Å². The molecule has 1 aliphatic heterocycles. The second kappa shape index (κ2) is 11.2. The number of pyridine rings is 1. The number of nitrogens with one attached hydrogen (secondary N) is 2. The number of hydrogen-bond donors (Lipinski definition) is 4. The highest BCUT2D eigenvalue weighted by molar-refractivity contribution is 5.80. The Labute approximate surface area is 201 Å². The number of ether oxygens (including phenoxy) is 1. The van der Waals surface area contributed by atoms with Crippen molar-refractivity contribution in [3.63, 3.8) is 0 Å². The summed E-state index contributed by atoms with van der Waals surface area (Å²) in [6.45, 7) is 2.20. The van der Waals surface area contributed by atoms with Crippen LogP contribution in [0.25, 0.3) is 5.70 Å². The molecule has 6 N–H and O–H groups in total. The monoisotopic (exact) mass is 465 g/mol. The van der Waals surface area contributed by atoms with Gasteiger partial charge in [-0.25, -0.2) is 26.1 Å². The van der Waals surface area contributed by atoms with E-state index >= 15 is 0 Å². The third-order valence-corrected chi connectivity index (χ3v) is 6.14. The van der Waals surface area contributed by atoms with Gasteiger partial charge in [0.05, 0.1) is 35.4 Å². The summed E-state index contributed by atoms with van der Waals surface area (Å²) in [5.41, 5.74) is 13.1. The third kappa shape index (κ3) is 6.18. The number of aryl methyl sites for hydroxylation is 1. The molecule has 1 aromatic heterocycles. The summed E-state index contributed by atoms with van der Waals surface area (Å²) in [7, 11) is 1.74. The van der Waals surface area contributed by atoms with Crippen LogP contribution in [0.5, 0.6) is 5.75 Å². The van der Waals surface area contributed by atoms with Gasteiger partial charge in [0.15, 0.2) is 6.23 Å². The number of nitrogens with two attached hydrogens (primary N) is 2. The Bertz CT molecular complexity index is 1020. The predicted octanol–water partition coefficient (Wildman–Crippen LogP) is 2.58. The standard InChI is InChI=1S/C25H35N7O2/c1-17-22(33-19-11-7-4-8-12-19)14-13-20(29-17)24(26)21(32(2)27)16-28-25-30-23(34-31-25)15-18-9-5-3-6-10-18/h3,5-6,9-10,13-14,19,23H,4,7-8,11-12,15-16,26-27H2,1-2H3,(H2,28,30,31)/b24-21-. The number of rotatable bonds is 8. The van der Waals surface area contributed by atoms with Gasteiger partial charge in [0.1, 0.15) is 5.75 Å². The lowest BCUT2D eigenvalue weighted by Gasteiger charge is -2.24. The van der Waals surface area contributed by atoms with E-state index in [1.807, 2.05) is 37.3 Å². The minimum atomic E-state index is -0.206. The van der Waals surface area contributed by atoms with Gasteiger partial charge in [0.25, 0.3) is 0 Å². The Kier molecular flexibility index (Phi) is 7.87. The molecule has 9 nitrogen and oxygen atoms in total. The molecule has 1 aromatic carbocycles. The normalized spacial score (nSPS) is 20.4. The molecule has 1 saturated carbocycles. The van der Waals surface area contributed by atoms with Crippen LogP contribution in [0.1, 0.15) is 49.1 Å². The van der Waals surface area contributed by atoms with E-state index in [1.54, 1.807) is 7.05 Å². The molecule has 2 aromatic rings. The maximum Gasteiger partial charge on any atom is 0.218 e. The fourth-order valence-electron chi connectivity index (χ4n) is 4.21. The van der Waals surface area contributed by atoms with Crippen molar-refractivity contribution in [3.8, 4) is 5.75 Å². The highest BCUT2D eigenvalue weighted by atomic mass is 16.7. The van der Waals surface area contributed by atoms with Crippen molar-refractivity contribution in [1.29, 1.82) is 0 Å². The molecule has 9 heteroatoms. The van der Waals surface area contributed by atoms with E-state index in [4.69, 9.17) is 21.2 Å². The first-order valence-corrected chi connectivity index (χ1v) is 11.9. The van der Waals surface area contributed by atoms with Gasteiger partial charge in [-0.15, -0.1) is 0 Å². The molecule has 2 heterocycles. The maximum atomic E-state index is 6.47. The van der Waals surface area contributed by atoms with E-state index in [0.29, 0.717) is 29.5 Å². The van der Waals surface area contributed by atoms with E-state index in [2.05, 4.69) is 32.9 Å². The van der Waals surface area contributed by atoms with Crippen molar-refractivity contribution < 1.29 is 9.57 Å². The van der Waals surface area contributed by atoms with Crippen molar-refractivity contribution in [2.75, 3.05) is 13.6 Å². The van der Waals surface area contributed by atoms with Gasteiger partial charge in [-0.3, -0.25) is 0 Å². The summed E-state index contributed by atoms with van der Waals surface area (Å²) in [5.74, 6) is 7.43. The number of nitrogens with zero attached hydrogens (tertiary/aromatic N) is 3. The van der Waals surface area contributed by atoms with Gasteiger partial charge >= 0.3 is 0 Å². The van der Waals surface area contributed by atoms with Crippen molar-refractivity contribution in [2.24, 2.45) is 16.6 Å². The van der Waals surface area contributed by atoms with Crippen LogP contribution < -0.4 is 27.1 Å². The largest absolute Gasteiger partial charge is 0.489 e. The van der Waals surface area contributed by atoms with Gasteiger partial charge in [-0.2, -0.15) is 0 Å². The molecule has 4 rings (SSSR count). The molecule has 0 spiro atoms. The van der Waals surface area contributed by atoms with Crippen LogP contribution in [-0.2, 0) is 11.3 Å². The van der Waals surface area contributed by atoms with Crippen LogP contribution in [0, 0.1) is 6.92 Å². The van der Waals surface area contributed by atoms with E-state index in [9.17, 15) is 0 Å². The number of hydrazine groups is 1. The van der Waals surface area contributed by atoms with Crippen LogP contribution in [0.15, 0.2) is 53.2 Å². The zero-order chi connectivity index (χ0) is 23.9. The molecule has 34 heavy (non-hydrogen) atoms. The molecular weight excluding hydrogens is 430 g/mol. The lowest BCUT2D eigenvalue weighted by Crippen LogP contribution is -2.32. The van der Waals surface area contributed by atoms with Gasteiger partial charge in [-0.1, -0.05) is 36.8 Å². The number of hydrogen-bond acceptors (Lipinski definition) is 7. The Morgan fingerprint density at radius 2 is 1.94 bits per heavy atom. The average Bonchev–Trinajstić information content (AvgIpc) is 3.28. The van der Waals surface area contributed by atoms with Crippen LogP contribution in [0.3, 0.4) is 0 Å². The summed E-state index contributed by atoms with van der Waals surface area (Å²) >= 11 is 0. The Balaban J connectivity index is 1.42. The minimum absolute atomic E-state index is 0.206. The zero-order valence-corrected chi connectivity index (χ0v) is 20.0. The van der Waals surface area contributed by atoms with Crippen molar-refractivity contribution in [1.82, 2.24) is 20.8 Å². The number of aromatic nitrogens is 1. The van der Waals surface area contributed by atoms with Gasteiger partial charge in [0, 0.05) is 13.5 Å². The van der Waals surface area contributed by atoms with Gasteiger partial charge < -0.3 is 20.8 Å². The fourth-order valence-corrected chi connectivity index (χ4v) is 4.21. The molecule has 2 fully saturated rings. The SMILES string of the molecule is Cc1nc(/C(N)=C(\CN=C2NOC(Cc3ccccc3)N2)N(C)N)ccc1OC1CCCCC1. The van der Waals surface area contributed by atoms with E-state index in [1.165, 1.54) is 29.8 Å². The van der Waals surface area contributed by atoms with Gasteiger partial charge in [0.2, 0.25) is 5.96 Å². The Hall–Kier alpha value is -3.30. The average molecular weight is 466 g/mol. The van der Waals surface area contributed by atoms with Gasteiger partial charge in [-0.05, 0) is 50.3 Å². The van der Waals surface area contributed by atoms with Crippen LogP contribution >= 0.6 is 0 Å². The number of guanidine groups is 1. The first kappa shape index (κ1) is 23.8. The molecule has 0 bridgehead atoms. The van der Waals surface area contributed by atoms with Crippen LogP contribution in [0.4, 0.5) is 0 Å². The molecule has 2 aliphatic rings. The maximum absolute atomic E-state index is 6.47. The fraction of sp³-hybridized carbons (Fsp3) is 0.440. The number of likely N-dealkylation sites (N-methyl/N-ethyl adjacent to an activating group) is 1. The second-order valence-corrected chi connectivity index (χ2v) is 8.84. The summed E-state index contributed by atoms with van der Waals surface area (Å²) in [5, 5.41) is 4.70. The quantitative estimate of drug-likeness (QED) is 0.347. The zero-order valence-electron chi connectivity index (χ0n) is 20.0. The molecule has 1 aliphatic carbocycles. The summed E-state index contributed by atoms with van der Waals surface area (Å²) in [4.78, 5) is 14.8. The van der Waals surface area contributed by atoms with E-state index < -0.39 is 0 Å². The number of hydroxylamine groups is 1. The second-order valence-electron chi connectivity index (χ2n) is 8.84.